The Kier molecular flexibility index (Phi) is 9.19. The van der Waals surface area contributed by atoms with Crippen molar-refractivity contribution in [3.8, 4) is 0 Å². The first kappa shape index (κ1) is 31.0. The molecule has 0 bridgehead atoms. The molecule has 1 saturated heterocycles. The van der Waals surface area contributed by atoms with Crippen LogP contribution in [0.3, 0.4) is 0 Å². The predicted octanol–water partition coefficient (Wildman–Crippen LogP) is 3.10. The first-order valence-corrected chi connectivity index (χ1v) is 15.3. The quantitative estimate of drug-likeness (QED) is 0.257. The van der Waals surface area contributed by atoms with Crippen LogP contribution in [0.4, 0.5) is 4.79 Å². The van der Waals surface area contributed by atoms with Crippen LogP contribution in [0, 0.1) is 29.1 Å². The van der Waals surface area contributed by atoms with E-state index >= 15 is 0 Å². The van der Waals surface area contributed by atoms with E-state index in [1.165, 1.54) is 6.08 Å². The molecule has 4 amide bonds. The van der Waals surface area contributed by atoms with E-state index in [-0.39, 0.29) is 41.5 Å². The molecular formula is C31H48N4O6. The number of amides is 4. The Labute approximate surface area is 243 Å². The number of nitrogens with zero attached hydrogens (tertiary/aromatic N) is 1. The fourth-order valence-electron chi connectivity index (χ4n) is 6.86. The smallest absolute Gasteiger partial charge is 0.408 e. The second-order valence-electron chi connectivity index (χ2n) is 14.0. The molecule has 5 atom stereocenters. The van der Waals surface area contributed by atoms with Crippen molar-refractivity contribution in [1.29, 1.82) is 0 Å². The first-order valence-electron chi connectivity index (χ1n) is 15.3. The summed E-state index contributed by atoms with van der Waals surface area (Å²) in [6.07, 6.45) is 7.83. The first-order chi connectivity index (χ1) is 19.2. The van der Waals surface area contributed by atoms with Crippen LogP contribution in [0.15, 0.2) is 12.7 Å². The summed E-state index contributed by atoms with van der Waals surface area (Å²) in [5, 5.41) is 8.25. The molecule has 0 spiro atoms. The molecule has 10 heteroatoms. The average molecular weight is 573 g/mol. The number of ketones is 1. The maximum Gasteiger partial charge on any atom is 0.408 e. The average Bonchev–Trinajstić information content (AvgIpc) is 3.76. The Morgan fingerprint density at radius 3 is 2.27 bits per heavy atom. The van der Waals surface area contributed by atoms with Gasteiger partial charge in [0.05, 0.1) is 6.04 Å². The molecule has 3 N–H and O–H groups in total. The molecule has 41 heavy (non-hydrogen) atoms. The van der Waals surface area contributed by atoms with E-state index in [0.29, 0.717) is 13.0 Å². The van der Waals surface area contributed by atoms with E-state index < -0.39 is 47.4 Å². The van der Waals surface area contributed by atoms with E-state index in [2.05, 4.69) is 36.4 Å². The molecule has 3 saturated carbocycles. The molecule has 0 aromatic rings. The minimum Gasteiger partial charge on any atom is -0.444 e. The van der Waals surface area contributed by atoms with Crippen molar-refractivity contribution in [3.63, 3.8) is 0 Å². The van der Waals surface area contributed by atoms with Gasteiger partial charge in [0, 0.05) is 13.1 Å². The number of hydrogen-bond acceptors (Lipinski definition) is 6. The van der Waals surface area contributed by atoms with Gasteiger partial charge in [-0.05, 0) is 69.1 Å². The third-order valence-electron chi connectivity index (χ3n) is 9.35. The van der Waals surface area contributed by atoms with Crippen molar-refractivity contribution < 1.29 is 28.7 Å². The minimum absolute atomic E-state index is 0.0461. The lowest BCUT2D eigenvalue weighted by molar-refractivity contribution is -0.145. The van der Waals surface area contributed by atoms with Gasteiger partial charge in [-0.3, -0.25) is 19.2 Å². The zero-order valence-electron chi connectivity index (χ0n) is 25.3. The highest BCUT2D eigenvalue weighted by molar-refractivity contribution is 6.38. The summed E-state index contributed by atoms with van der Waals surface area (Å²) in [4.78, 5) is 68.1. The van der Waals surface area contributed by atoms with E-state index in [1.54, 1.807) is 25.7 Å². The topological polar surface area (TPSA) is 134 Å². The molecule has 2 unspecified atom stereocenters. The Hall–Kier alpha value is -2.91. The molecule has 1 heterocycles. The molecule has 4 fully saturated rings. The van der Waals surface area contributed by atoms with Crippen molar-refractivity contribution in [1.82, 2.24) is 20.9 Å². The summed E-state index contributed by atoms with van der Waals surface area (Å²) in [6.45, 7) is 13.6. The zero-order valence-corrected chi connectivity index (χ0v) is 25.3. The number of hydrogen-bond donors (Lipinski definition) is 3. The summed E-state index contributed by atoms with van der Waals surface area (Å²) >= 11 is 0. The van der Waals surface area contributed by atoms with Gasteiger partial charge in [-0.1, -0.05) is 52.0 Å². The van der Waals surface area contributed by atoms with Gasteiger partial charge in [-0.15, -0.1) is 6.58 Å². The van der Waals surface area contributed by atoms with Gasteiger partial charge in [0.25, 0.3) is 5.91 Å². The Morgan fingerprint density at radius 1 is 1.02 bits per heavy atom. The highest BCUT2D eigenvalue weighted by Gasteiger charge is 2.69. The summed E-state index contributed by atoms with van der Waals surface area (Å²) in [5.41, 5.74) is -0.845. The molecule has 4 rings (SSSR count). The van der Waals surface area contributed by atoms with E-state index in [4.69, 9.17) is 4.74 Å². The lowest BCUT2D eigenvalue weighted by Gasteiger charge is -2.37. The maximum absolute atomic E-state index is 14.2. The van der Waals surface area contributed by atoms with Crippen LogP contribution < -0.4 is 16.0 Å². The van der Waals surface area contributed by atoms with Gasteiger partial charge in [0.2, 0.25) is 17.6 Å². The molecule has 3 aliphatic carbocycles. The van der Waals surface area contributed by atoms with E-state index in [9.17, 15) is 24.0 Å². The number of alkyl carbamates (subject to hydrolysis) is 1. The fraction of sp³-hybridized carbons (Fsp3) is 0.774. The summed E-state index contributed by atoms with van der Waals surface area (Å²) < 4.78 is 5.50. The SMILES string of the molecule is C=CCNC(=O)C(=O)C(CC1CC1)NC(=O)[C@@H]1[C@@H]2[C@H](CN1C(=O)C(NC(=O)OC(C)(C)C)C1CCCCC1)C2(C)C. The number of piperidine rings is 1. The summed E-state index contributed by atoms with van der Waals surface area (Å²) in [5.74, 6) is -1.80. The lowest BCUT2D eigenvalue weighted by atomic mass is 9.83. The molecule has 0 radical (unpaired) electrons. The van der Waals surface area contributed by atoms with Gasteiger partial charge < -0.3 is 25.6 Å². The third kappa shape index (κ3) is 7.30. The number of Topliss-reactive ketones (excluding diaryl/α,β-unsaturated/α-hetero) is 1. The molecule has 0 aromatic heterocycles. The van der Waals surface area contributed by atoms with Gasteiger partial charge in [0.1, 0.15) is 17.7 Å². The Balaban J connectivity index is 1.54. The number of fused-ring (bicyclic) bond motifs is 1. The standard InChI is InChI=1S/C31H48N4O6/c1-7-15-32-27(38)25(36)21(16-18-13-14-18)33-26(37)24-22-20(31(22,5)6)17-35(24)28(39)23(19-11-9-8-10-12-19)34-29(40)41-30(2,3)4/h7,18-24H,1,8-17H2,2-6H3,(H,32,38)(H,33,37)(H,34,40)/t20-,21?,22-,23?,24-/m0/s1. The van der Waals surface area contributed by atoms with Crippen molar-refractivity contribution in [3.05, 3.63) is 12.7 Å². The fourth-order valence-corrected chi connectivity index (χ4v) is 6.86. The lowest BCUT2D eigenvalue weighted by Crippen LogP contribution is -2.60. The Morgan fingerprint density at radius 2 is 1.68 bits per heavy atom. The van der Waals surface area contributed by atoms with Crippen LogP contribution in [-0.4, -0.2) is 71.3 Å². The monoisotopic (exact) mass is 572 g/mol. The number of nitrogens with one attached hydrogen (secondary N) is 3. The summed E-state index contributed by atoms with van der Waals surface area (Å²) in [6, 6.07) is -2.53. The van der Waals surface area contributed by atoms with Crippen LogP contribution in [0.5, 0.6) is 0 Å². The molecule has 228 valence electrons. The molecule has 0 aromatic carbocycles. The van der Waals surface area contributed by atoms with Gasteiger partial charge in [-0.25, -0.2) is 4.79 Å². The molecule has 10 nitrogen and oxygen atoms in total. The number of carbonyl (C=O) groups excluding carboxylic acids is 5. The van der Waals surface area contributed by atoms with Gasteiger partial charge in [0.15, 0.2) is 0 Å². The largest absolute Gasteiger partial charge is 0.444 e. The van der Waals surface area contributed by atoms with Crippen molar-refractivity contribution in [2.24, 2.45) is 29.1 Å². The van der Waals surface area contributed by atoms with E-state index in [0.717, 1.165) is 44.9 Å². The van der Waals surface area contributed by atoms with Crippen LogP contribution in [0.1, 0.15) is 86.0 Å². The van der Waals surface area contributed by atoms with Crippen LogP contribution >= 0.6 is 0 Å². The second kappa shape index (κ2) is 12.1. The van der Waals surface area contributed by atoms with Crippen LogP contribution in [0.2, 0.25) is 0 Å². The summed E-state index contributed by atoms with van der Waals surface area (Å²) in [7, 11) is 0. The maximum atomic E-state index is 14.2. The van der Waals surface area contributed by atoms with Crippen LogP contribution in [-0.2, 0) is 23.9 Å². The number of likely N-dealkylation sites (tertiary alicyclic amines) is 1. The zero-order chi connectivity index (χ0) is 30.1. The minimum atomic E-state index is -0.952. The molecule has 4 aliphatic rings. The van der Waals surface area contributed by atoms with Crippen molar-refractivity contribution >= 4 is 29.6 Å². The number of rotatable bonds is 11. The van der Waals surface area contributed by atoms with Crippen molar-refractivity contribution in [2.45, 2.75) is 110 Å². The van der Waals surface area contributed by atoms with Gasteiger partial charge >= 0.3 is 6.09 Å². The normalized spacial score (nSPS) is 26.7. The number of ether oxygens (including phenoxy) is 1. The third-order valence-corrected chi connectivity index (χ3v) is 9.35. The highest BCUT2D eigenvalue weighted by atomic mass is 16.6. The second-order valence-corrected chi connectivity index (χ2v) is 14.0. The Bertz CT molecular complexity index is 1060. The molecular weight excluding hydrogens is 524 g/mol. The van der Waals surface area contributed by atoms with Crippen LogP contribution in [0.25, 0.3) is 0 Å². The van der Waals surface area contributed by atoms with Crippen molar-refractivity contribution in [2.75, 3.05) is 13.1 Å². The highest BCUT2D eigenvalue weighted by Crippen LogP contribution is 2.65. The predicted molar refractivity (Wildman–Crippen MR) is 153 cm³/mol. The molecule has 1 aliphatic heterocycles. The number of carbonyl (C=O) groups is 5. The van der Waals surface area contributed by atoms with E-state index in [1.807, 2.05) is 0 Å². The van der Waals surface area contributed by atoms with Gasteiger partial charge in [-0.2, -0.15) is 0 Å².